The largest absolute Gasteiger partial charge is 0.457 e. The number of nitrogens with zero attached hydrogens (tertiary/aromatic N) is 2. The second kappa shape index (κ2) is 10.7. The van der Waals surface area contributed by atoms with E-state index in [9.17, 15) is 0 Å². The maximum atomic E-state index is 7.33. The first kappa shape index (κ1) is 32.4. The van der Waals surface area contributed by atoms with Crippen LogP contribution in [0.25, 0.3) is 27.5 Å². The van der Waals surface area contributed by atoms with Crippen molar-refractivity contribution in [2.24, 2.45) is 0 Å². The SMILES string of the molecule is CC(C)(C)c1ccc(N2c3ccc(C(C)(C)C)c4c3[SiH]3c5c(cc(-n6c7ccccc7c7ccccc76)cc5Oc5c(C(C)(C)C)ccc2c53)O4)cc1. The molecular weight excluding hydrogens is 665 g/mol. The summed E-state index contributed by atoms with van der Waals surface area (Å²) in [6, 6.07) is 40.5. The highest BCUT2D eigenvalue weighted by atomic mass is 28.3. The lowest BCUT2D eigenvalue weighted by atomic mass is 9.85. The van der Waals surface area contributed by atoms with Crippen molar-refractivity contribution in [3.05, 3.63) is 126 Å². The van der Waals surface area contributed by atoms with E-state index in [4.69, 9.17) is 9.47 Å². The van der Waals surface area contributed by atoms with Crippen LogP contribution in [0.5, 0.6) is 23.0 Å². The monoisotopic (exact) mass is 710 g/mol. The van der Waals surface area contributed by atoms with Crippen LogP contribution >= 0.6 is 0 Å². The Morgan fingerprint density at radius 1 is 0.472 bits per heavy atom. The van der Waals surface area contributed by atoms with Crippen molar-refractivity contribution in [3.8, 4) is 28.7 Å². The number of hydrogen-bond donors (Lipinski definition) is 0. The molecule has 0 saturated heterocycles. The molecule has 0 saturated carbocycles. The van der Waals surface area contributed by atoms with Gasteiger partial charge >= 0.3 is 0 Å². The standard InChI is InChI=1S/C48H46N2O2Si/c1-46(2,3)28-18-20-29(21-19-28)49-37-24-22-33(47(4,5)6)41-43(37)53-44-38(49)25-23-34(48(7,8)9)42(44)52-40-27-30(26-39(51-41)45(40)53)50-35-16-12-10-14-31(35)32-15-11-13-17-36(32)50/h10-27,53H,1-9H3. The molecule has 0 spiro atoms. The minimum Gasteiger partial charge on any atom is -0.457 e. The summed E-state index contributed by atoms with van der Waals surface area (Å²) < 4.78 is 17.0. The van der Waals surface area contributed by atoms with E-state index in [2.05, 4.69) is 181 Å². The lowest BCUT2D eigenvalue weighted by Gasteiger charge is -2.45. The third-order valence-electron chi connectivity index (χ3n) is 11.7. The zero-order valence-corrected chi connectivity index (χ0v) is 33.3. The molecule has 7 aromatic rings. The van der Waals surface area contributed by atoms with Crippen molar-refractivity contribution < 1.29 is 9.47 Å². The zero-order valence-electron chi connectivity index (χ0n) is 32.2. The van der Waals surface area contributed by atoms with Gasteiger partial charge in [-0.15, -0.1) is 0 Å². The number of ether oxygens (including phenoxy) is 2. The van der Waals surface area contributed by atoms with Crippen molar-refractivity contribution >= 4 is 63.2 Å². The third kappa shape index (κ3) is 4.59. The fourth-order valence-corrected chi connectivity index (χ4v) is 12.8. The highest BCUT2D eigenvalue weighted by Crippen LogP contribution is 2.50. The highest BCUT2D eigenvalue weighted by Gasteiger charge is 2.49. The molecule has 0 N–H and O–H groups in total. The van der Waals surface area contributed by atoms with Gasteiger partial charge in [0.05, 0.1) is 16.7 Å². The molecule has 0 aliphatic carbocycles. The number of fused-ring (bicyclic) bond motifs is 3. The Bertz CT molecular complexity index is 2530. The van der Waals surface area contributed by atoms with Gasteiger partial charge in [-0.1, -0.05) is 123 Å². The Morgan fingerprint density at radius 2 is 0.943 bits per heavy atom. The number of anilines is 3. The second-order valence-corrected chi connectivity index (χ2v) is 20.8. The molecule has 264 valence electrons. The van der Waals surface area contributed by atoms with Crippen LogP contribution in [0.15, 0.2) is 109 Å². The van der Waals surface area contributed by atoms with Gasteiger partial charge in [0.15, 0.2) is 8.80 Å². The molecule has 5 heteroatoms. The van der Waals surface area contributed by atoms with Crippen molar-refractivity contribution in [2.75, 3.05) is 4.90 Å². The molecule has 0 bridgehead atoms. The molecule has 53 heavy (non-hydrogen) atoms. The van der Waals surface area contributed by atoms with Crippen LogP contribution in [0.3, 0.4) is 0 Å². The van der Waals surface area contributed by atoms with E-state index in [1.54, 1.807) is 0 Å². The molecule has 1 aromatic heterocycles. The fourth-order valence-electron chi connectivity index (χ4n) is 9.07. The van der Waals surface area contributed by atoms with E-state index < -0.39 is 8.80 Å². The molecule has 4 heterocycles. The Labute approximate surface area is 314 Å². The minimum atomic E-state index is -2.12. The summed E-state index contributed by atoms with van der Waals surface area (Å²) in [6.07, 6.45) is 0. The normalized spacial score (nSPS) is 14.7. The van der Waals surface area contributed by atoms with Gasteiger partial charge in [-0.3, -0.25) is 0 Å². The van der Waals surface area contributed by atoms with E-state index in [1.807, 2.05) is 0 Å². The predicted molar refractivity (Wildman–Crippen MR) is 224 cm³/mol. The number of aromatic nitrogens is 1. The summed E-state index contributed by atoms with van der Waals surface area (Å²) in [6.45, 7) is 20.7. The number of para-hydroxylation sites is 2. The van der Waals surface area contributed by atoms with E-state index in [-0.39, 0.29) is 16.2 Å². The first-order valence-corrected chi connectivity index (χ1v) is 20.7. The van der Waals surface area contributed by atoms with E-state index in [1.165, 1.54) is 65.4 Å². The number of rotatable bonds is 2. The van der Waals surface area contributed by atoms with Gasteiger partial charge in [0.2, 0.25) is 0 Å². The Kier molecular flexibility index (Phi) is 6.52. The molecule has 6 aromatic carbocycles. The zero-order chi connectivity index (χ0) is 36.8. The average molecular weight is 711 g/mol. The van der Waals surface area contributed by atoms with Gasteiger partial charge in [0.1, 0.15) is 23.0 Å². The average Bonchev–Trinajstić information content (AvgIpc) is 3.44. The van der Waals surface area contributed by atoms with Gasteiger partial charge in [-0.25, -0.2) is 0 Å². The molecule has 0 unspecified atom stereocenters. The van der Waals surface area contributed by atoms with Gasteiger partial charge < -0.3 is 18.9 Å². The first-order valence-electron chi connectivity index (χ1n) is 19.0. The summed E-state index contributed by atoms with van der Waals surface area (Å²) >= 11 is 0. The minimum absolute atomic E-state index is 0.0688. The van der Waals surface area contributed by atoms with Crippen molar-refractivity contribution in [3.63, 3.8) is 0 Å². The quantitative estimate of drug-likeness (QED) is 0.167. The second-order valence-electron chi connectivity index (χ2n) is 18.2. The number of benzene rings is 6. The Hall–Kier alpha value is -5.26. The van der Waals surface area contributed by atoms with Crippen LogP contribution in [0, 0.1) is 0 Å². The van der Waals surface area contributed by atoms with Crippen molar-refractivity contribution in [1.82, 2.24) is 4.57 Å². The molecule has 0 radical (unpaired) electrons. The van der Waals surface area contributed by atoms with Crippen molar-refractivity contribution in [2.45, 2.75) is 78.6 Å². The van der Waals surface area contributed by atoms with Gasteiger partial charge in [-0.2, -0.15) is 0 Å². The summed E-state index contributed by atoms with van der Waals surface area (Å²) in [4.78, 5) is 2.47. The third-order valence-corrected chi connectivity index (χ3v) is 15.1. The Morgan fingerprint density at radius 3 is 1.40 bits per heavy atom. The van der Waals surface area contributed by atoms with Gasteiger partial charge in [0, 0.05) is 66.7 Å². The summed E-state index contributed by atoms with van der Waals surface area (Å²) in [7, 11) is -2.12. The summed E-state index contributed by atoms with van der Waals surface area (Å²) in [5.41, 5.74) is 10.6. The van der Waals surface area contributed by atoms with Gasteiger partial charge in [-0.05, 0) is 58.2 Å². The van der Waals surface area contributed by atoms with E-state index in [0.717, 1.165) is 34.4 Å². The van der Waals surface area contributed by atoms with E-state index >= 15 is 0 Å². The molecule has 3 aliphatic rings. The summed E-state index contributed by atoms with van der Waals surface area (Å²) in [5.74, 6) is 3.90. The molecule has 10 rings (SSSR count). The van der Waals surface area contributed by atoms with Crippen LogP contribution in [0.1, 0.15) is 79.0 Å². The van der Waals surface area contributed by atoms with Crippen LogP contribution in [-0.4, -0.2) is 13.4 Å². The van der Waals surface area contributed by atoms with Crippen LogP contribution < -0.4 is 29.9 Å². The molecule has 0 fully saturated rings. The van der Waals surface area contributed by atoms with Crippen molar-refractivity contribution in [1.29, 1.82) is 0 Å². The topological polar surface area (TPSA) is 26.6 Å². The molecule has 0 atom stereocenters. The van der Waals surface area contributed by atoms with E-state index in [0.29, 0.717) is 0 Å². The molecule has 4 nitrogen and oxygen atoms in total. The lowest BCUT2D eigenvalue weighted by Crippen LogP contribution is -2.62. The maximum Gasteiger partial charge on any atom is 0.157 e. The smallest absolute Gasteiger partial charge is 0.157 e. The first-order chi connectivity index (χ1) is 25.2. The fraction of sp³-hybridized carbons (Fsp3) is 0.250. The van der Waals surface area contributed by atoms with Gasteiger partial charge in [0.25, 0.3) is 0 Å². The number of hydrogen-bond acceptors (Lipinski definition) is 3. The maximum absolute atomic E-state index is 7.33. The lowest BCUT2D eigenvalue weighted by molar-refractivity contribution is 0.440. The predicted octanol–water partition coefficient (Wildman–Crippen LogP) is 10.9. The summed E-state index contributed by atoms with van der Waals surface area (Å²) in [5, 5.41) is 6.45. The molecule has 3 aliphatic heterocycles. The van der Waals surface area contributed by atoms with Crippen LogP contribution in [0.4, 0.5) is 17.1 Å². The highest BCUT2D eigenvalue weighted by molar-refractivity contribution is 7.00. The van der Waals surface area contributed by atoms with Crippen LogP contribution in [-0.2, 0) is 16.2 Å². The van der Waals surface area contributed by atoms with Crippen LogP contribution in [0.2, 0.25) is 0 Å². The molecular formula is C48H46N2O2Si. The molecule has 0 amide bonds. The Balaban J connectivity index is 1.29.